The number of nitrogens with zero attached hydrogens (tertiary/aromatic N) is 4. The van der Waals surface area contributed by atoms with Crippen LogP contribution >= 0.6 is 30.8 Å². The zero-order valence-corrected chi connectivity index (χ0v) is 33.3. The SMILES string of the molecule is CCNc1nc(Cl)nc(NC(C)(C)C)n1.CCOc1cc(Oc2ccc(C(F)(F)F)cc2Cl)ccc1[N+](=O)[O-].C[S+](C)C.O=C(O)CNCP(=O)([O-])O. The van der Waals surface area contributed by atoms with Crippen molar-refractivity contribution in [2.75, 3.05) is 55.4 Å². The number of ether oxygens (including phenoxy) is 2. The quantitative estimate of drug-likeness (QED) is 0.0584. The number of nitrogens with one attached hydrogen (secondary N) is 3. The van der Waals surface area contributed by atoms with Gasteiger partial charge in [0.1, 0.15) is 19.1 Å². The first-order chi connectivity index (χ1) is 24.3. The summed E-state index contributed by atoms with van der Waals surface area (Å²) >= 11 is 11.6. The molecule has 0 bridgehead atoms. The van der Waals surface area contributed by atoms with E-state index < -0.39 is 43.1 Å². The number of halogens is 5. The van der Waals surface area contributed by atoms with Gasteiger partial charge < -0.3 is 39.6 Å². The van der Waals surface area contributed by atoms with Crippen LogP contribution in [0.2, 0.25) is 10.3 Å². The largest absolute Gasteiger partial charge is 0.778 e. The number of benzene rings is 2. The molecule has 0 aliphatic carbocycles. The zero-order valence-electron chi connectivity index (χ0n) is 30.1. The van der Waals surface area contributed by atoms with Gasteiger partial charge in [-0.3, -0.25) is 20.2 Å². The first kappa shape index (κ1) is 49.4. The van der Waals surface area contributed by atoms with E-state index in [1.165, 1.54) is 18.2 Å². The molecule has 1 aromatic heterocycles. The summed E-state index contributed by atoms with van der Waals surface area (Å²) in [4.78, 5) is 50.2. The third-order valence-electron chi connectivity index (χ3n) is 4.93. The molecule has 3 rings (SSSR count). The van der Waals surface area contributed by atoms with Crippen molar-refractivity contribution in [3.05, 3.63) is 62.4 Å². The molecule has 2 aromatic carbocycles. The maximum absolute atomic E-state index is 12.6. The summed E-state index contributed by atoms with van der Waals surface area (Å²) in [7, 11) is -3.71. The fourth-order valence-electron chi connectivity index (χ4n) is 3.15. The third kappa shape index (κ3) is 23.6. The van der Waals surface area contributed by atoms with E-state index in [4.69, 9.17) is 42.7 Å². The van der Waals surface area contributed by atoms with Crippen LogP contribution in [0.1, 0.15) is 40.2 Å². The van der Waals surface area contributed by atoms with Crippen molar-refractivity contribution >= 4 is 65.2 Å². The molecule has 1 heterocycles. The predicted molar refractivity (Wildman–Crippen MR) is 199 cm³/mol. The Hall–Kier alpha value is -3.65. The van der Waals surface area contributed by atoms with Crippen molar-refractivity contribution in [3.8, 4) is 17.2 Å². The van der Waals surface area contributed by atoms with E-state index >= 15 is 0 Å². The lowest BCUT2D eigenvalue weighted by Gasteiger charge is -2.20. The lowest BCUT2D eigenvalue weighted by atomic mass is 10.1. The van der Waals surface area contributed by atoms with E-state index in [9.17, 15) is 37.5 Å². The van der Waals surface area contributed by atoms with Gasteiger partial charge in [0.2, 0.25) is 22.9 Å². The lowest BCUT2D eigenvalue weighted by Crippen LogP contribution is -2.27. The Morgan fingerprint density at radius 1 is 1.02 bits per heavy atom. The van der Waals surface area contributed by atoms with Crippen LogP contribution in [0.3, 0.4) is 0 Å². The van der Waals surface area contributed by atoms with Crippen molar-refractivity contribution in [3.63, 3.8) is 0 Å². The zero-order chi connectivity index (χ0) is 41.2. The molecule has 0 saturated carbocycles. The van der Waals surface area contributed by atoms with Crippen LogP contribution in [0.4, 0.5) is 30.8 Å². The van der Waals surface area contributed by atoms with Crippen LogP contribution < -0.4 is 30.3 Å². The Labute approximate surface area is 317 Å². The van der Waals surface area contributed by atoms with Gasteiger partial charge in [-0.15, -0.1) is 0 Å². The maximum atomic E-state index is 12.6. The second kappa shape index (κ2) is 23.2. The van der Waals surface area contributed by atoms with Gasteiger partial charge in [-0.1, -0.05) is 11.6 Å². The van der Waals surface area contributed by atoms with Crippen LogP contribution in [0, 0.1) is 10.1 Å². The van der Waals surface area contributed by atoms with Crippen molar-refractivity contribution in [2.24, 2.45) is 0 Å². The maximum Gasteiger partial charge on any atom is 0.416 e. The number of carboxylic acids is 1. The van der Waals surface area contributed by atoms with Crippen LogP contribution in [0.15, 0.2) is 36.4 Å². The smallest absolute Gasteiger partial charge is 0.416 e. The summed E-state index contributed by atoms with van der Waals surface area (Å²) in [5, 5.41) is 27.0. The van der Waals surface area contributed by atoms with E-state index in [-0.39, 0.29) is 45.4 Å². The molecule has 3 aromatic rings. The van der Waals surface area contributed by atoms with Crippen LogP contribution in [0.5, 0.6) is 17.2 Å². The number of hydrogen-bond acceptors (Lipinski definition) is 13. The average Bonchev–Trinajstić information content (AvgIpc) is 2.96. The van der Waals surface area contributed by atoms with Crippen LogP contribution in [-0.2, 0) is 26.4 Å². The lowest BCUT2D eigenvalue weighted by molar-refractivity contribution is -0.385. The Kier molecular flexibility index (Phi) is 21.6. The molecule has 0 saturated heterocycles. The van der Waals surface area contributed by atoms with Crippen molar-refractivity contribution < 1.29 is 51.8 Å². The second-order valence-electron chi connectivity index (χ2n) is 11.6. The molecular weight excluding hydrogens is 793 g/mol. The Bertz CT molecular complexity index is 1670. The van der Waals surface area contributed by atoms with E-state index in [2.05, 4.69) is 44.4 Å². The molecule has 16 nitrogen and oxygen atoms in total. The minimum Gasteiger partial charge on any atom is -0.778 e. The molecule has 53 heavy (non-hydrogen) atoms. The number of hydrogen-bond donors (Lipinski definition) is 5. The number of nitro benzene ring substituents is 1. The molecule has 23 heteroatoms. The molecule has 0 radical (unpaired) electrons. The number of nitro groups is 1. The fraction of sp³-hybridized carbons (Fsp3) is 0.467. The number of aliphatic carboxylic acids is 1. The molecule has 0 aliphatic rings. The topological polar surface area (TPSA) is 234 Å². The third-order valence-corrected chi connectivity index (χ3v) is 6.02. The average molecular weight is 837 g/mol. The summed E-state index contributed by atoms with van der Waals surface area (Å²) in [5.74, 6) is -0.0779. The molecule has 1 unspecified atom stereocenters. The minimum atomic E-state index is -4.52. The minimum absolute atomic E-state index is 0.0111. The highest BCUT2D eigenvalue weighted by Gasteiger charge is 2.31. The Balaban J connectivity index is 0.000000794. The van der Waals surface area contributed by atoms with Gasteiger partial charge >= 0.3 is 17.8 Å². The molecule has 0 spiro atoms. The van der Waals surface area contributed by atoms with Crippen molar-refractivity contribution in [1.29, 1.82) is 0 Å². The predicted octanol–water partition coefficient (Wildman–Crippen LogP) is 6.28. The number of alkyl halides is 3. The van der Waals surface area contributed by atoms with Gasteiger partial charge in [-0.2, -0.15) is 28.1 Å². The number of anilines is 2. The fourth-order valence-corrected chi connectivity index (χ4v) is 3.92. The van der Waals surface area contributed by atoms with Gasteiger partial charge in [0.05, 0.1) is 53.7 Å². The van der Waals surface area contributed by atoms with Crippen LogP contribution in [-0.4, -0.2) is 86.1 Å². The van der Waals surface area contributed by atoms with Gasteiger partial charge in [0.25, 0.3) is 0 Å². The van der Waals surface area contributed by atoms with E-state index in [1.54, 1.807) is 6.92 Å². The first-order valence-corrected chi connectivity index (χ1v) is 20.1. The molecular formula is C30H43Cl2F3N7O9PS. The summed E-state index contributed by atoms with van der Waals surface area (Å²) in [5.41, 5.74) is -1.25. The molecule has 0 fully saturated rings. The summed E-state index contributed by atoms with van der Waals surface area (Å²) in [6.45, 7) is 10.2. The molecule has 0 amide bonds. The standard InChI is InChI=1S/C15H11ClF3NO4.C9H16ClN5.C3H8NO5P.C3H9S/c1-2-23-14-8-10(4-5-12(14)20(21)22)24-13-6-3-9(7-11(13)16)15(17,18)19;1-5-11-7-12-6(10)13-8(14-7)15-9(2,3)4;5-3(6)1-4-2-10(7,8)9;1-4(2)3/h3-8H,2H2,1H3;5H2,1-4H3,(H2,11,12,13,14,15);4H,1-2H2,(H,5,6)(H2,7,8,9);1-3H3/q;;;+1/p-1. The van der Waals surface area contributed by atoms with E-state index in [0.717, 1.165) is 24.7 Å². The van der Waals surface area contributed by atoms with Crippen molar-refractivity contribution in [2.45, 2.75) is 46.3 Å². The number of carboxylic acid groups (broad SMARTS) is 1. The van der Waals surface area contributed by atoms with Gasteiger partial charge in [0, 0.05) is 24.2 Å². The number of rotatable bonds is 12. The molecule has 0 aliphatic heterocycles. The summed E-state index contributed by atoms with van der Waals surface area (Å²) < 4.78 is 58.3. The summed E-state index contributed by atoms with van der Waals surface area (Å²) in [6.07, 6.45) is 1.36. The van der Waals surface area contributed by atoms with Gasteiger partial charge in [0.15, 0.2) is 0 Å². The second-order valence-corrected chi connectivity index (χ2v) is 16.3. The van der Waals surface area contributed by atoms with Gasteiger partial charge in [-0.05, 0) is 81.4 Å². The van der Waals surface area contributed by atoms with Crippen LogP contribution in [0.25, 0.3) is 0 Å². The number of aromatic nitrogens is 3. The highest BCUT2D eigenvalue weighted by Crippen LogP contribution is 2.38. The molecule has 5 N–H and O–H groups in total. The Morgan fingerprint density at radius 2 is 1.60 bits per heavy atom. The monoisotopic (exact) mass is 835 g/mol. The Morgan fingerprint density at radius 3 is 2.06 bits per heavy atom. The summed E-state index contributed by atoms with van der Waals surface area (Å²) in [6, 6.07) is 6.40. The highest BCUT2D eigenvalue weighted by molar-refractivity contribution is 7.94. The molecule has 298 valence electrons. The van der Waals surface area contributed by atoms with E-state index in [0.29, 0.717) is 22.8 Å². The molecule has 1 atom stereocenters. The normalized spacial score (nSPS) is 12.0. The number of carbonyl (C=O) groups is 1. The van der Waals surface area contributed by atoms with E-state index in [1.807, 2.05) is 33.0 Å². The van der Waals surface area contributed by atoms with Gasteiger partial charge in [-0.25, -0.2) is 0 Å². The first-order valence-electron chi connectivity index (χ1n) is 15.1. The highest BCUT2D eigenvalue weighted by atomic mass is 35.5. The van der Waals surface area contributed by atoms with Crippen molar-refractivity contribution in [1.82, 2.24) is 20.3 Å².